The number of anilines is 2. The van der Waals surface area contributed by atoms with Gasteiger partial charge in [0.1, 0.15) is 11.6 Å². The Bertz CT molecular complexity index is 1230. The molecule has 5 rings (SSSR count). The summed E-state index contributed by atoms with van der Waals surface area (Å²) in [5.74, 6) is 6.84. The minimum atomic E-state index is -0.449. The number of H-pyrrole nitrogens is 1. The fourth-order valence-corrected chi connectivity index (χ4v) is 3.84. The Kier molecular flexibility index (Phi) is 4.13. The Balaban J connectivity index is 1.69. The van der Waals surface area contributed by atoms with Crippen molar-refractivity contribution in [3.63, 3.8) is 0 Å². The summed E-state index contributed by atoms with van der Waals surface area (Å²) < 4.78 is 14.0. The van der Waals surface area contributed by atoms with Crippen LogP contribution in [0, 0.1) is 23.1 Å². The molecule has 0 saturated heterocycles. The summed E-state index contributed by atoms with van der Waals surface area (Å²) >= 11 is 0. The van der Waals surface area contributed by atoms with Gasteiger partial charge in [0.25, 0.3) is 0 Å². The van der Waals surface area contributed by atoms with Crippen molar-refractivity contribution < 1.29 is 4.39 Å². The van der Waals surface area contributed by atoms with Gasteiger partial charge in [0.2, 0.25) is 0 Å². The molecule has 0 bridgehead atoms. The van der Waals surface area contributed by atoms with Crippen LogP contribution in [0.25, 0.3) is 10.9 Å². The smallest absolute Gasteiger partial charge is 0.324 e. The number of fused-ring (bicyclic) bond motifs is 2. The molecule has 1 N–H and O–H groups in total. The van der Waals surface area contributed by atoms with Crippen LogP contribution < -0.4 is 10.6 Å². The van der Waals surface area contributed by atoms with Crippen molar-refractivity contribution in [2.24, 2.45) is 5.41 Å². The van der Waals surface area contributed by atoms with Gasteiger partial charge in [-0.15, -0.1) is 0 Å². The summed E-state index contributed by atoms with van der Waals surface area (Å²) in [7, 11) is 0. The van der Waals surface area contributed by atoms with Gasteiger partial charge in [-0.1, -0.05) is 11.8 Å². The van der Waals surface area contributed by atoms with Gasteiger partial charge in [0, 0.05) is 29.1 Å². The van der Waals surface area contributed by atoms with E-state index in [1.54, 1.807) is 12.3 Å². The zero-order valence-corrected chi connectivity index (χ0v) is 16.3. The lowest BCUT2D eigenvalue weighted by atomic mass is 10.0. The molecule has 0 unspecified atom stereocenters. The van der Waals surface area contributed by atoms with Crippen molar-refractivity contribution in [3.05, 3.63) is 58.0 Å². The van der Waals surface area contributed by atoms with Crippen molar-refractivity contribution in [2.45, 2.75) is 39.0 Å². The average molecular weight is 388 g/mol. The summed E-state index contributed by atoms with van der Waals surface area (Å²) in [6.45, 7) is 2.87. The van der Waals surface area contributed by atoms with Crippen LogP contribution in [0.15, 0.2) is 35.4 Å². The summed E-state index contributed by atoms with van der Waals surface area (Å²) in [6, 6.07) is 4.34. The maximum Gasteiger partial charge on any atom is 0.347 e. The topological polar surface area (TPSA) is 61.9 Å². The number of halogens is 1. The van der Waals surface area contributed by atoms with Crippen LogP contribution >= 0.6 is 0 Å². The minimum Gasteiger partial charge on any atom is -0.324 e. The number of hydrogen-bond acceptors (Lipinski definition) is 4. The van der Waals surface area contributed by atoms with E-state index in [9.17, 15) is 9.18 Å². The second-order valence-corrected chi connectivity index (χ2v) is 8.16. The lowest BCUT2D eigenvalue weighted by Gasteiger charge is -2.25. The highest BCUT2D eigenvalue weighted by Gasteiger charge is 2.35. The van der Waals surface area contributed by atoms with E-state index in [0.29, 0.717) is 23.3 Å². The molecule has 1 aromatic carbocycles. The third-order valence-electron chi connectivity index (χ3n) is 5.81. The first-order chi connectivity index (χ1) is 14.0. The van der Waals surface area contributed by atoms with E-state index < -0.39 is 5.69 Å². The van der Waals surface area contributed by atoms with Gasteiger partial charge in [-0.3, -0.25) is 4.98 Å². The van der Waals surface area contributed by atoms with Crippen molar-refractivity contribution in [3.8, 4) is 11.8 Å². The first-order valence-corrected chi connectivity index (χ1v) is 10.00. The lowest BCUT2D eigenvalue weighted by Crippen LogP contribution is -2.24. The van der Waals surface area contributed by atoms with Gasteiger partial charge in [-0.2, -0.15) is 4.98 Å². The largest absolute Gasteiger partial charge is 0.347 e. The number of pyridine rings is 1. The number of aromatic nitrogens is 3. The first-order valence-electron chi connectivity index (χ1n) is 10.00. The number of nitrogens with zero attached hydrogens (tertiary/aromatic N) is 3. The van der Waals surface area contributed by atoms with Gasteiger partial charge in [-0.25, -0.2) is 9.18 Å². The maximum atomic E-state index is 14.0. The summed E-state index contributed by atoms with van der Waals surface area (Å²) in [5, 5.41) is 0.583. The van der Waals surface area contributed by atoms with Crippen LogP contribution in [-0.2, 0) is 6.42 Å². The second-order valence-electron chi connectivity index (χ2n) is 8.16. The zero-order valence-electron chi connectivity index (χ0n) is 16.3. The van der Waals surface area contributed by atoms with Crippen molar-refractivity contribution >= 4 is 22.4 Å². The van der Waals surface area contributed by atoms with Gasteiger partial charge < -0.3 is 9.88 Å². The van der Waals surface area contributed by atoms with E-state index in [4.69, 9.17) is 0 Å². The Hall–Kier alpha value is -3.20. The van der Waals surface area contributed by atoms with Crippen LogP contribution in [0.4, 0.5) is 15.9 Å². The molecule has 0 amide bonds. The standard InChI is InChI=1S/C23H21FN4O/c1-23(9-10-23)8-7-15-13-25-14-20-17(15)4-2-3-11-28(20)21-18-12-16(24)5-6-19(18)26-22(29)27-21/h5-6,12-14H,2-4,9-11H2,1H3,(H,26,27,29). The van der Waals surface area contributed by atoms with E-state index in [1.807, 2.05) is 11.1 Å². The highest BCUT2D eigenvalue weighted by molar-refractivity contribution is 5.91. The summed E-state index contributed by atoms with van der Waals surface area (Å²) in [4.78, 5) is 25.5. The molecular weight excluding hydrogens is 367 g/mol. The summed E-state index contributed by atoms with van der Waals surface area (Å²) in [6.07, 6.45) is 8.75. The molecule has 146 valence electrons. The van der Waals surface area contributed by atoms with Crippen molar-refractivity contribution in [2.75, 3.05) is 11.4 Å². The maximum absolute atomic E-state index is 14.0. The second kappa shape index (κ2) is 6.70. The SMILES string of the molecule is CC1(C#Cc2cncc3c2CCCCN3c2nc(=O)[nH]c3ccc(F)cc23)CC1. The fourth-order valence-electron chi connectivity index (χ4n) is 3.84. The molecule has 2 aromatic heterocycles. The molecule has 0 radical (unpaired) electrons. The predicted molar refractivity (Wildman–Crippen MR) is 111 cm³/mol. The molecule has 6 heteroatoms. The zero-order chi connectivity index (χ0) is 20.0. The molecule has 29 heavy (non-hydrogen) atoms. The normalized spacial score (nSPS) is 17.2. The third kappa shape index (κ3) is 3.38. The highest BCUT2D eigenvalue weighted by Crippen LogP contribution is 2.44. The summed E-state index contributed by atoms with van der Waals surface area (Å²) in [5.41, 5.74) is 3.21. The molecule has 0 spiro atoms. The van der Waals surface area contributed by atoms with Gasteiger partial charge >= 0.3 is 5.69 Å². The first kappa shape index (κ1) is 17.9. The van der Waals surface area contributed by atoms with Crippen molar-refractivity contribution in [1.29, 1.82) is 0 Å². The van der Waals surface area contributed by atoms with E-state index in [0.717, 1.165) is 48.9 Å². The lowest BCUT2D eigenvalue weighted by molar-refractivity contribution is 0.629. The molecule has 3 heterocycles. The molecule has 3 aromatic rings. The molecule has 5 nitrogen and oxygen atoms in total. The molecule has 0 atom stereocenters. The van der Waals surface area contributed by atoms with Crippen LogP contribution in [0.5, 0.6) is 0 Å². The fraction of sp³-hybridized carbons (Fsp3) is 0.348. The number of benzene rings is 1. The average Bonchev–Trinajstić information content (AvgIpc) is 3.48. The molecule has 1 aliphatic carbocycles. The van der Waals surface area contributed by atoms with Gasteiger partial charge in [-0.05, 0) is 62.8 Å². The Labute approximate surface area is 168 Å². The van der Waals surface area contributed by atoms with E-state index in [-0.39, 0.29) is 11.2 Å². The van der Waals surface area contributed by atoms with Gasteiger partial charge in [0.05, 0.1) is 17.4 Å². The third-order valence-corrected chi connectivity index (χ3v) is 5.81. The highest BCUT2D eigenvalue weighted by atomic mass is 19.1. The van der Waals surface area contributed by atoms with Crippen LogP contribution in [-0.4, -0.2) is 21.5 Å². The van der Waals surface area contributed by atoms with E-state index >= 15 is 0 Å². The molecule has 1 saturated carbocycles. The number of rotatable bonds is 1. The Morgan fingerprint density at radius 3 is 2.93 bits per heavy atom. The van der Waals surface area contributed by atoms with Gasteiger partial charge in [0.15, 0.2) is 0 Å². The molecular formula is C23H21FN4O. The van der Waals surface area contributed by atoms with Crippen molar-refractivity contribution in [1.82, 2.24) is 15.0 Å². The minimum absolute atomic E-state index is 0.134. The molecule has 2 aliphatic rings. The monoisotopic (exact) mass is 388 g/mol. The number of hydrogen-bond donors (Lipinski definition) is 1. The van der Waals surface area contributed by atoms with Crippen LogP contribution in [0.1, 0.15) is 43.7 Å². The van der Waals surface area contributed by atoms with E-state index in [2.05, 4.69) is 33.7 Å². The number of aromatic amines is 1. The van der Waals surface area contributed by atoms with Crippen LogP contribution in [0.3, 0.4) is 0 Å². The quantitative estimate of drug-likeness (QED) is 0.638. The van der Waals surface area contributed by atoms with E-state index in [1.165, 1.54) is 12.1 Å². The molecule has 1 fully saturated rings. The predicted octanol–water partition coefficient (Wildman–Crippen LogP) is 4.08. The Morgan fingerprint density at radius 2 is 2.10 bits per heavy atom. The Morgan fingerprint density at radius 1 is 1.24 bits per heavy atom. The van der Waals surface area contributed by atoms with Crippen LogP contribution in [0.2, 0.25) is 0 Å². The molecule has 1 aliphatic heterocycles. The number of nitrogens with one attached hydrogen (secondary N) is 1.